The molecule has 0 aromatic carbocycles. The van der Waals surface area contributed by atoms with Crippen molar-refractivity contribution in [3.8, 4) is 0 Å². The minimum atomic E-state index is -0.378. The molecule has 0 radical (unpaired) electrons. The standard InChI is InChI=1S/C16H21N5OS/c17-16(22)11-8-19-21-5-4-10(6-13(11)21)7-18-9-15-20-12-2-1-3-14(12)23-15/h8,10,18H,1-7,9H2,(H2,17,22)/t10-/m0/s1. The summed E-state index contributed by atoms with van der Waals surface area (Å²) in [6.45, 7) is 2.64. The number of carbonyl (C=O) groups excluding carboxylic acids is 1. The Balaban J connectivity index is 1.33. The first-order valence-corrected chi connectivity index (χ1v) is 9.05. The van der Waals surface area contributed by atoms with Crippen LogP contribution < -0.4 is 11.1 Å². The average Bonchev–Trinajstić information content (AvgIpc) is 3.19. The fraction of sp³-hybridized carbons (Fsp3) is 0.562. The van der Waals surface area contributed by atoms with Gasteiger partial charge in [0.15, 0.2) is 0 Å². The highest BCUT2D eigenvalue weighted by atomic mass is 32.1. The molecule has 3 N–H and O–H groups in total. The Hall–Kier alpha value is -1.73. The van der Waals surface area contributed by atoms with Crippen LogP contribution in [0.1, 0.15) is 44.5 Å². The lowest BCUT2D eigenvalue weighted by atomic mass is 9.94. The first-order valence-electron chi connectivity index (χ1n) is 8.23. The first kappa shape index (κ1) is 14.8. The molecule has 3 heterocycles. The largest absolute Gasteiger partial charge is 0.365 e. The smallest absolute Gasteiger partial charge is 0.252 e. The number of amides is 1. The highest BCUT2D eigenvalue weighted by Crippen LogP contribution is 2.27. The van der Waals surface area contributed by atoms with Gasteiger partial charge < -0.3 is 11.1 Å². The summed E-state index contributed by atoms with van der Waals surface area (Å²) < 4.78 is 1.92. The molecular weight excluding hydrogens is 310 g/mol. The second-order valence-electron chi connectivity index (χ2n) is 6.41. The van der Waals surface area contributed by atoms with E-state index >= 15 is 0 Å². The molecule has 0 fully saturated rings. The number of hydrogen-bond acceptors (Lipinski definition) is 5. The fourth-order valence-electron chi connectivity index (χ4n) is 3.58. The minimum absolute atomic E-state index is 0.378. The summed E-state index contributed by atoms with van der Waals surface area (Å²) >= 11 is 1.86. The molecule has 23 heavy (non-hydrogen) atoms. The molecule has 122 valence electrons. The van der Waals surface area contributed by atoms with Crippen molar-refractivity contribution in [1.82, 2.24) is 20.1 Å². The summed E-state index contributed by atoms with van der Waals surface area (Å²) in [6, 6.07) is 0. The molecule has 0 saturated heterocycles. The Morgan fingerprint density at radius 3 is 3.22 bits per heavy atom. The van der Waals surface area contributed by atoms with E-state index in [4.69, 9.17) is 10.7 Å². The van der Waals surface area contributed by atoms with Crippen molar-refractivity contribution in [3.05, 3.63) is 33.0 Å². The van der Waals surface area contributed by atoms with Gasteiger partial charge in [-0.2, -0.15) is 5.10 Å². The van der Waals surface area contributed by atoms with Crippen LogP contribution in [0.4, 0.5) is 0 Å². The van der Waals surface area contributed by atoms with Gasteiger partial charge in [-0.15, -0.1) is 11.3 Å². The van der Waals surface area contributed by atoms with Crippen LogP contribution >= 0.6 is 11.3 Å². The fourth-order valence-corrected chi connectivity index (χ4v) is 4.71. The van der Waals surface area contributed by atoms with Gasteiger partial charge in [0.1, 0.15) is 5.01 Å². The second-order valence-corrected chi connectivity index (χ2v) is 7.58. The van der Waals surface area contributed by atoms with Crippen molar-refractivity contribution in [2.45, 2.75) is 45.2 Å². The van der Waals surface area contributed by atoms with E-state index < -0.39 is 0 Å². The number of primary amides is 1. The molecule has 6 nitrogen and oxygen atoms in total. The van der Waals surface area contributed by atoms with Gasteiger partial charge in [0.05, 0.1) is 23.1 Å². The summed E-state index contributed by atoms with van der Waals surface area (Å²) in [7, 11) is 0. The topological polar surface area (TPSA) is 85.8 Å². The second kappa shape index (κ2) is 6.05. The molecule has 4 rings (SSSR count). The van der Waals surface area contributed by atoms with Crippen LogP contribution in [0.5, 0.6) is 0 Å². The van der Waals surface area contributed by atoms with E-state index in [1.807, 2.05) is 16.0 Å². The summed E-state index contributed by atoms with van der Waals surface area (Å²) in [6.07, 6.45) is 7.15. The normalized spacial score (nSPS) is 19.6. The van der Waals surface area contributed by atoms with Crippen molar-refractivity contribution in [2.24, 2.45) is 11.7 Å². The maximum absolute atomic E-state index is 11.5. The molecule has 2 aromatic heterocycles. The van der Waals surface area contributed by atoms with E-state index in [1.165, 1.54) is 28.4 Å². The van der Waals surface area contributed by atoms with Crippen LogP contribution in [-0.4, -0.2) is 27.2 Å². The first-order chi connectivity index (χ1) is 11.2. The van der Waals surface area contributed by atoms with E-state index in [1.54, 1.807) is 6.20 Å². The Bertz CT molecular complexity index is 713. The average molecular weight is 331 g/mol. The highest BCUT2D eigenvalue weighted by molar-refractivity contribution is 7.11. The third-order valence-corrected chi connectivity index (χ3v) is 5.95. The molecule has 7 heteroatoms. The van der Waals surface area contributed by atoms with Crippen molar-refractivity contribution < 1.29 is 4.79 Å². The van der Waals surface area contributed by atoms with Gasteiger partial charge in [-0.1, -0.05) is 0 Å². The summed E-state index contributed by atoms with van der Waals surface area (Å²) in [5, 5.41) is 8.99. The molecule has 1 atom stereocenters. The minimum Gasteiger partial charge on any atom is -0.365 e. The monoisotopic (exact) mass is 331 g/mol. The molecule has 2 aromatic rings. The van der Waals surface area contributed by atoms with Crippen LogP contribution in [0.15, 0.2) is 6.20 Å². The quantitative estimate of drug-likeness (QED) is 0.864. The number of nitrogens with one attached hydrogen (secondary N) is 1. The van der Waals surface area contributed by atoms with Crippen molar-refractivity contribution in [1.29, 1.82) is 0 Å². The molecule has 0 spiro atoms. The van der Waals surface area contributed by atoms with E-state index in [0.717, 1.165) is 44.6 Å². The Kier molecular flexibility index (Phi) is 3.90. The van der Waals surface area contributed by atoms with Gasteiger partial charge in [0.2, 0.25) is 0 Å². The lowest BCUT2D eigenvalue weighted by Crippen LogP contribution is -2.30. The van der Waals surface area contributed by atoms with E-state index in [-0.39, 0.29) is 5.91 Å². The predicted molar refractivity (Wildman–Crippen MR) is 88.4 cm³/mol. The molecule has 1 amide bonds. The molecule has 0 unspecified atom stereocenters. The number of aryl methyl sites for hydroxylation is 3. The zero-order valence-electron chi connectivity index (χ0n) is 13.0. The Morgan fingerprint density at radius 2 is 2.39 bits per heavy atom. The van der Waals surface area contributed by atoms with Crippen molar-refractivity contribution in [3.63, 3.8) is 0 Å². The number of thiazole rings is 1. The van der Waals surface area contributed by atoms with Gasteiger partial charge in [-0.25, -0.2) is 4.98 Å². The van der Waals surface area contributed by atoms with Gasteiger partial charge >= 0.3 is 0 Å². The van der Waals surface area contributed by atoms with Crippen molar-refractivity contribution in [2.75, 3.05) is 6.54 Å². The van der Waals surface area contributed by atoms with Crippen LogP contribution in [0.25, 0.3) is 0 Å². The van der Waals surface area contributed by atoms with Gasteiger partial charge in [-0.3, -0.25) is 9.48 Å². The van der Waals surface area contributed by atoms with E-state index in [9.17, 15) is 4.79 Å². The number of carbonyl (C=O) groups is 1. The van der Waals surface area contributed by atoms with Crippen LogP contribution in [0.2, 0.25) is 0 Å². The number of hydrogen-bond donors (Lipinski definition) is 2. The molecule has 0 bridgehead atoms. The Labute approximate surface area is 139 Å². The maximum atomic E-state index is 11.5. The molecule has 0 saturated carbocycles. The van der Waals surface area contributed by atoms with Crippen LogP contribution in [0.3, 0.4) is 0 Å². The van der Waals surface area contributed by atoms with Crippen LogP contribution in [-0.2, 0) is 32.4 Å². The lowest BCUT2D eigenvalue weighted by Gasteiger charge is -2.24. The third-order valence-electron chi connectivity index (χ3n) is 4.79. The highest BCUT2D eigenvalue weighted by Gasteiger charge is 2.24. The maximum Gasteiger partial charge on any atom is 0.252 e. The zero-order chi connectivity index (χ0) is 15.8. The number of nitrogens with zero attached hydrogens (tertiary/aromatic N) is 3. The number of fused-ring (bicyclic) bond motifs is 2. The molecule has 2 aliphatic rings. The summed E-state index contributed by atoms with van der Waals surface area (Å²) in [5.74, 6) is 0.140. The SMILES string of the molecule is NC(=O)c1cnn2c1C[C@@H](CNCc1nc3c(s1)CCC3)CC2. The zero-order valence-corrected chi connectivity index (χ0v) is 13.9. The van der Waals surface area contributed by atoms with Crippen LogP contribution in [0, 0.1) is 5.92 Å². The van der Waals surface area contributed by atoms with E-state index in [0.29, 0.717) is 11.5 Å². The van der Waals surface area contributed by atoms with Crippen molar-refractivity contribution >= 4 is 17.2 Å². The predicted octanol–water partition coefficient (Wildman–Crippen LogP) is 1.28. The number of rotatable bonds is 5. The number of nitrogens with two attached hydrogens (primary N) is 1. The number of aromatic nitrogens is 3. The lowest BCUT2D eigenvalue weighted by molar-refractivity contribution is 0.0998. The Morgan fingerprint density at radius 1 is 1.48 bits per heavy atom. The molecule has 1 aliphatic heterocycles. The van der Waals surface area contributed by atoms with Gasteiger partial charge in [0, 0.05) is 18.0 Å². The molecule has 1 aliphatic carbocycles. The van der Waals surface area contributed by atoms with E-state index in [2.05, 4.69) is 10.4 Å². The van der Waals surface area contributed by atoms with Gasteiger partial charge in [-0.05, 0) is 44.6 Å². The summed E-state index contributed by atoms with van der Waals surface area (Å²) in [5.41, 5.74) is 8.31. The summed E-state index contributed by atoms with van der Waals surface area (Å²) in [4.78, 5) is 17.7. The van der Waals surface area contributed by atoms with Gasteiger partial charge in [0.25, 0.3) is 5.91 Å². The molecular formula is C16H21N5OS. The third kappa shape index (κ3) is 2.90.